The molecule has 4 nitrogen and oxygen atoms in total. The van der Waals surface area contributed by atoms with Crippen LogP contribution in [0.4, 0.5) is 5.00 Å². The van der Waals surface area contributed by atoms with E-state index in [-0.39, 0.29) is 5.41 Å². The van der Waals surface area contributed by atoms with E-state index in [1.807, 2.05) is 60.8 Å². The predicted octanol–water partition coefficient (Wildman–Crippen LogP) is 6.98. The van der Waals surface area contributed by atoms with Crippen LogP contribution in [-0.2, 0) is 12.8 Å². The van der Waals surface area contributed by atoms with Gasteiger partial charge < -0.3 is 9.47 Å². The zero-order valence-electron chi connectivity index (χ0n) is 19.5. The number of aliphatic imine (C=N–C) groups is 1. The smallest absolute Gasteiger partial charge is 0.134 e. The van der Waals surface area contributed by atoms with Crippen molar-refractivity contribution in [2.24, 2.45) is 16.3 Å². The van der Waals surface area contributed by atoms with Gasteiger partial charge in [-0.15, -0.1) is 11.3 Å². The molecule has 4 rings (SSSR count). The van der Waals surface area contributed by atoms with Gasteiger partial charge in [0.1, 0.15) is 35.8 Å². The Balaban J connectivity index is 1.40. The molecule has 1 aliphatic rings. The number of thiophene rings is 1. The first kappa shape index (κ1) is 23.1. The largest absolute Gasteiger partial charge is 0.490 e. The average molecular weight is 459 g/mol. The Kier molecular flexibility index (Phi) is 7.15. The van der Waals surface area contributed by atoms with Crippen LogP contribution < -0.4 is 9.47 Å². The van der Waals surface area contributed by atoms with Gasteiger partial charge in [0.25, 0.3) is 0 Å². The summed E-state index contributed by atoms with van der Waals surface area (Å²) < 4.78 is 11.5. The molecule has 0 amide bonds. The van der Waals surface area contributed by atoms with E-state index in [0.29, 0.717) is 19.1 Å². The summed E-state index contributed by atoms with van der Waals surface area (Å²) in [5, 5.41) is 10.6. The molecular formula is C28H30N2O2S. The summed E-state index contributed by atoms with van der Waals surface area (Å²) in [7, 11) is 0. The van der Waals surface area contributed by atoms with E-state index in [9.17, 15) is 5.26 Å². The summed E-state index contributed by atoms with van der Waals surface area (Å²) in [5.41, 5.74) is 3.19. The van der Waals surface area contributed by atoms with Gasteiger partial charge in [0.2, 0.25) is 0 Å². The summed E-state index contributed by atoms with van der Waals surface area (Å²) in [6.07, 6.45) is 4.98. The van der Waals surface area contributed by atoms with Crippen molar-refractivity contribution in [1.29, 1.82) is 5.26 Å². The molecule has 0 saturated heterocycles. The minimum absolute atomic E-state index is 0.282. The Morgan fingerprint density at radius 2 is 1.79 bits per heavy atom. The van der Waals surface area contributed by atoms with E-state index in [4.69, 9.17) is 14.5 Å². The van der Waals surface area contributed by atoms with Crippen LogP contribution in [0.25, 0.3) is 0 Å². The molecule has 1 heterocycles. The number of hydrogen-bond acceptors (Lipinski definition) is 5. The fraction of sp³-hybridized carbons (Fsp3) is 0.357. The van der Waals surface area contributed by atoms with Gasteiger partial charge in [0.15, 0.2) is 0 Å². The average Bonchev–Trinajstić information content (AvgIpc) is 3.18. The van der Waals surface area contributed by atoms with E-state index < -0.39 is 0 Å². The second kappa shape index (κ2) is 10.2. The van der Waals surface area contributed by atoms with Crippen molar-refractivity contribution in [2.45, 2.75) is 40.0 Å². The first-order chi connectivity index (χ1) is 15.9. The van der Waals surface area contributed by atoms with Gasteiger partial charge in [-0.05, 0) is 66.0 Å². The van der Waals surface area contributed by atoms with Crippen LogP contribution >= 0.6 is 11.3 Å². The predicted molar refractivity (Wildman–Crippen MR) is 135 cm³/mol. The standard InChI is InChI=1S/C28H30N2O2S/c1-28(2,3)21-12-13-24-25(18-29)27(33-26(24)17-21)30-19-20-8-7-11-23(16-20)32-15-14-31-22-9-5-4-6-10-22/h4-11,16,19,21H,12-15,17H2,1-3H3/t21-/m0/s1. The fourth-order valence-corrected chi connectivity index (χ4v) is 5.39. The first-order valence-electron chi connectivity index (χ1n) is 11.4. The molecular weight excluding hydrogens is 428 g/mol. The number of ether oxygens (including phenoxy) is 2. The van der Waals surface area contributed by atoms with E-state index in [0.717, 1.165) is 46.9 Å². The third-order valence-corrected chi connectivity index (χ3v) is 7.30. The molecule has 33 heavy (non-hydrogen) atoms. The molecule has 0 N–H and O–H groups in total. The lowest BCUT2D eigenvalue weighted by molar-refractivity contribution is 0.217. The molecule has 0 unspecified atom stereocenters. The molecule has 3 aromatic rings. The molecule has 0 saturated carbocycles. The van der Waals surface area contributed by atoms with Crippen LogP contribution in [0, 0.1) is 22.7 Å². The lowest BCUT2D eigenvalue weighted by atomic mass is 9.72. The van der Waals surface area contributed by atoms with Crippen molar-refractivity contribution in [2.75, 3.05) is 13.2 Å². The van der Waals surface area contributed by atoms with Crippen molar-refractivity contribution in [3.8, 4) is 17.6 Å². The normalized spacial score (nSPS) is 15.8. The van der Waals surface area contributed by atoms with Crippen LogP contribution in [-0.4, -0.2) is 19.4 Å². The van der Waals surface area contributed by atoms with Crippen molar-refractivity contribution < 1.29 is 9.47 Å². The number of benzene rings is 2. The highest BCUT2D eigenvalue weighted by atomic mass is 32.1. The monoisotopic (exact) mass is 458 g/mol. The molecule has 5 heteroatoms. The summed E-state index contributed by atoms with van der Waals surface area (Å²) in [6, 6.07) is 20.0. The van der Waals surface area contributed by atoms with E-state index in [2.05, 4.69) is 26.8 Å². The van der Waals surface area contributed by atoms with Gasteiger partial charge in [0.05, 0.1) is 5.56 Å². The van der Waals surface area contributed by atoms with Crippen molar-refractivity contribution in [3.05, 3.63) is 76.2 Å². The lowest BCUT2D eigenvalue weighted by Crippen LogP contribution is -2.26. The highest BCUT2D eigenvalue weighted by molar-refractivity contribution is 7.16. The minimum Gasteiger partial charge on any atom is -0.490 e. The molecule has 1 aromatic heterocycles. The molecule has 0 radical (unpaired) electrons. The fourth-order valence-electron chi connectivity index (χ4n) is 4.17. The van der Waals surface area contributed by atoms with Crippen LogP contribution in [0.1, 0.15) is 48.8 Å². The van der Waals surface area contributed by atoms with Gasteiger partial charge in [-0.2, -0.15) is 5.26 Å². The van der Waals surface area contributed by atoms with Gasteiger partial charge in [0, 0.05) is 11.1 Å². The van der Waals surface area contributed by atoms with E-state index in [1.165, 1.54) is 10.4 Å². The Labute approximate surface area is 200 Å². The maximum Gasteiger partial charge on any atom is 0.134 e. The molecule has 1 aliphatic carbocycles. The van der Waals surface area contributed by atoms with Crippen molar-refractivity contribution in [3.63, 3.8) is 0 Å². The highest BCUT2D eigenvalue weighted by Gasteiger charge is 2.32. The number of hydrogen-bond donors (Lipinski definition) is 0. The van der Waals surface area contributed by atoms with E-state index in [1.54, 1.807) is 11.3 Å². The molecule has 170 valence electrons. The Hall–Kier alpha value is -3.10. The van der Waals surface area contributed by atoms with Crippen LogP contribution in [0.3, 0.4) is 0 Å². The third kappa shape index (κ3) is 5.83. The molecule has 0 spiro atoms. The summed E-state index contributed by atoms with van der Waals surface area (Å²) in [5.74, 6) is 2.25. The number of nitrogens with zero attached hydrogens (tertiary/aromatic N) is 2. The summed E-state index contributed by atoms with van der Waals surface area (Å²) in [6.45, 7) is 7.86. The number of rotatable bonds is 7. The molecule has 0 aliphatic heterocycles. The third-order valence-electron chi connectivity index (χ3n) is 6.14. The quantitative estimate of drug-likeness (QED) is 0.283. The zero-order chi connectivity index (χ0) is 23.3. The number of nitriles is 1. The van der Waals surface area contributed by atoms with Gasteiger partial charge in [-0.1, -0.05) is 51.1 Å². The van der Waals surface area contributed by atoms with E-state index >= 15 is 0 Å². The van der Waals surface area contributed by atoms with Crippen LogP contribution in [0.2, 0.25) is 0 Å². The number of fused-ring (bicyclic) bond motifs is 1. The zero-order valence-corrected chi connectivity index (χ0v) is 20.3. The Morgan fingerprint density at radius 3 is 2.52 bits per heavy atom. The summed E-state index contributed by atoms with van der Waals surface area (Å²) in [4.78, 5) is 6.04. The SMILES string of the molecule is CC(C)(C)[C@H]1CCc2c(sc(N=Cc3cccc(OCCOc4ccccc4)c3)c2C#N)C1. The maximum absolute atomic E-state index is 9.78. The molecule has 2 aromatic carbocycles. The molecule has 0 fully saturated rings. The topological polar surface area (TPSA) is 54.6 Å². The Morgan fingerprint density at radius 1 is 1.06 bits per heavy atom. The molecule has 1 atom stereocenters. The summed E-state index contributed by atoms with van der Waals surface area (Å²) >= 11 is 1.68. The van der Waals surface area contributed by atoms with Gasteiger partial charge in [-0.3, -0.25) is 0 Å². The second-order valence-electron chi connectivity index (χ2n) is 9.44. The maximum atomic E-state index is 9.78. The van der Waals surface area contributed by atoms with Crippen LogP contribution in [0.15, 0.2) is 59.6 Å². The van der Waals surface area contributed by atoms with Gasteiger partial charge in [-0.25, -0.2) is 4.99 Å². The second-order valence-corrected chi connectivity index (χ2v) is 10.5. The lowest BCUT2D eigenvalue weighted by Gasteiger charge is -2.33. The van der Waals surface area contributed by atoms with Crippen molar-refractivity contribution >= 4 is 22.6 Å². The van der Waals surface area contributed by atoms with Gasteiger partial charge >= 0.3 is 0 Å². The highest BCUT2D eigenvalue weighted by Crippen LogP contribution is 2.44. The number of para-hydroxylation sites is 1. The van der Waals surface area contributed by atoms with Crippen molar-refractivity contribution in [1.82, 2.24) is 0 Å². The minimum atomic E-state index is 0.282. The molecule has 0 bridgehead atoms. The first-order valence-corrected chi connectivity index (χ1v) is 12.2. The van der Waals surface area contributed by atoms with Crippen LogP contribution in [0.5, 0.6) is 11.5 Å². The Bertz CT molecular complexity index is 1150.